The number of amides is 1. The van der Waals surface area contributed by atoms with Gasteiger partial charge in [0.1, 0.15) is 11.1 Å². The fraction of sp³-hybridized carbons (Fsp3) is 0.333. The number of rotatable bonds is 4. The summed E-state index contributed by atoms with van der Waals surface area (Å²) in [6.07, 6.45) is 4.17. The van der Waals surface area contributed by atoms with E-state index in [0.717, 1.165) is 39.8 Å². The molecule has 0 bridgehead atoms. The molecule has 0 aliphatic carbocycles. The summed E-state index contributed by atoms with van der Waals surface area (Å²) >= 11 is 0. The SMILES string of the molecule is Cc1ccc2oc(C(=O)N3CC[C@H](c4nn(CCN)c5nccnc45)C3)cc2c1. The number of hydrogen-bond acceptors (Lipinski definition) is 6. The minimum Gasteiger partial charge on any atom is -0.451 e. The van der Waals surface area contributed by atoms with Gasteiger partial charge in [0.2, 0.25) is 0 Å². The first kappa shape index (κ1) is 17.8. The minimum absolute atomic E-state index is 0.0851. The zero-order valence-corrected chi connectivity index (χ0v) is 16.2. The van der Waals surface area contributed by atoms with E-state index < -0.39 is 0 Å². The Morgan fingerprint density at radius 1 is 1.28 bits per heavy atom. The lowest BCUT2D eigenvalue weighted by molar-refractivity contribution is 0.0761. The molecule has 2 N–H and O–H groups in total. The molecule has 8 heteroatoms. The second-order valence-corrected chi connectivity index (χ2v) is 7.51. The molecular weight excluding hydrogens is 368 g/mol. The number of aromatic nitrogens is 4. The van der Waals surface area contributed by atoms with Crippen LogP contribution in [0.3, 0.4) is 0 Å². The molecule has 0 unspecified atom stereocenters. The summed E-state index contributed by atoms with van der Waals surface area (Å²) in [6.45, 7) is 4.33. The molecule has 0 saturated carbocycles. The van der Waals surface area contributed by atoms with Gasteiger partial charge in [0, 0.05) is 43.3 Å². The van der Waals surface area contributed by atoms with Gasteiger partial charge in [-0.3, -0.25) is 4.79 Å². The number of fused-ring (bicyclic) bond motifs is 2. The number of carbonyl (C=O) groups is 1. The number of benzene rings is 1. The topological polar surface area (TPSA) is 103 Å². The first-order chi connectivity index (χ1) is 14.1. The van der Waals surface area contributed by atoms with Crippen molar-refractivity contribution < 1.29 is 9.21 Å². The van der Waals surface area contributed by atoms with Crippen LogP contribution in [-0.4, -0.2) is 50.2 Å². The van der Waals surface area contributed by atoms with Crippen molar-refractivity contribution in [3.63, 3.8) is 0 Å². The van der Waals surface area contributed by atoms with E-state index in [-0.39, 0.29) is 11.8 Å². The van der Waals surface area contributed by atoms with E-state index in [2.05, 4.69) is 9.97 Å². The summed E-state index contributed by atoms with van der Waals surface area (Å²) in [6, 6.07) is 7.74. The Hall–Kier alpha value is -3.26. The van der Waals surface area contributed by atoms with Gasteiger partial charge in [0.25, 0.3) is 5.91 Å². The second kappa shape index (κ2) is 6.97. The summed E-state index contributed by atoms with van der Waals surface area (Å²) < 4.78 is 7.61. The smallest absolute Gasteiger partial charge is 0.289 e. The number of hydrogen-bond donors (Lipinski definition) is 1. The molecule has 3 aromatic heterocycles. The number of nitrogens with zero attached hydrogens (tertiary/aromatic N) is 5. The molecule has 1 atom stereocenters. The Labute approximate surface area is 167 Å². The van der Waals surface area contributed by atoms with Crippen molar-refractivity contribution in [1.82, 2.24) is 24.6 Å². The second-order valence-electron chi connectivity index (χ2n) is 7.51. The van der Waals surface area contributed by atoms with Crippen LogP contribution in [0.25, 0.3) is 22.1 Å². The van der Waals surface area contributed by atoms with Gasteiger partial charge >= 0.3 is 0 Å². The molecule has 0 radical (unpaired) electrons. The van der Waals surface area contributed by atoms with Crippen LogP contribution in [-0.2, 0) is 6.54 Å². The number of aryl methyl sites for hydroxylation is 1. The first-order valence-electron chi connectivity index (χ1n) is 9.81. The molecule has 4 aromatic rings. The van der Waals surface area contributed by atoms with Gasteiger partial charge in [-0.15, -0.1) is 0 Å². The normalized spacial score (nSPS) is 16.9. The maximum Gasteiger partial charge on any atom is 0.289 e. The van der Waals surface area contributed by atoms with Gasteiger partial charge in [-0.05, 0) is 31.5 Å². The largest absolute Gasteiger partial charge is 0.451 e. The molecule has 1 amide bonds. The van der Waals surface area contributed by atoms with Crippen LogP contribution in [0.2, 0.25) is 0 Å². The van der Waals surface area contributed by atoms with Crippen LogP contribution < -0.4 is 5.73 Å². The summed E-state index contributed by atoms with van der Waals surface area (Å²) in [5.41, 5.74) is 10.00. The quantitative estimate of drug-likeness (QED) is 0.574. The molecule has 1 aliphatic rings. The highest BCUT2D eigenvalue weighted by Gasteiger charge is 2.33. The molecule has 1 saturated heterocycles. The third-order valence-corrected chi connectivity index (χ3v) is 5.48. The zero-order chi connectivity index (χ0) is 20.0. The molecule has 1 fully saturated rings. The van der Waals surface area contributed by atoms with Crippen LogP contribution in [0, 0.1) is 6.92 Å². The van der Waals surface area contributed by atoms with Crippen molar-refractivity contribution in [2.75, 3.05) is 19.6 Å². The highest BCUT2D eigenvalue weighted by molar-refractivity contribution is 5.96. The van der Waals surface area contributed by atoms with Gasteiger partial charge < -0.3 is 15.1 Å². The number of furan rings is 1. The highest BCUT2D eigenvalue weighted by Crippen LogP contribution is 2.31. The van der Waals surface area contributed by atoms with E-state index in [1.807, 2.05) is 40.8 Å². The van der Waals surface area contributed by atoms with Crippen molar-refractivity contribution in [1.29, 1.82) is 0 Å². The average Bonchev–Trinajstić information content (AvgIpc) is 3.44. The van der Waals surface area contributed by atoms with Crippen molar-refractivity contribution in [3.8, 4) is 0 Å². The first-order valence-corrected chi connectivity index (χ1v) is 9.81. The van der Waals surface area contributed by atoms with E-state index in [4.69, 9.17) is 15.2 Å². The van der Waals surface area contributed by atoms with E-state index in [0.29, 0.717) is 31.9 Å². The van der Waals surface area contributed by atoms with Gasteiger partial charge in [0.05, 0.1) is 12.2 Å². The van der Waals surface area contributed by atoms with Gasteiger partial charge in [-0.1, -0.05) is 11.6 Å². The van der Waals surface area contributed by atoms with Crippen LogP contribution in [0.1, 0.15) is 34.2 Å². The summed E-state index contributed by atoms with van der Waals surface area (Å²) in [7, 11) is 0. The Kier molecular flexibility index (Phi) is 4.28. The summed E-state index contributed by atoms with van der Waals surface area (Å²) in [4.78, 5) is 23.7. The van der Waals surface area contributed by atoms with E-state index in [1.165, 1.54) is 0 Å². The lowest BCUT2D eigenvalue weighted by atomic mass is 10.0. The van der Waals surface area contributed by atoms with E-state index in [1.54, 1.807) is 12.4 Å². The van der Waals surface area contributed by atoms with Gasteiger partial charge in [-0.2, -0.15) is 5.10 Å². The monoisotopic (exact) mass is 390 g/mol. The molecule has 4 heterocycles. The predicted molar refractivity (Wildman–Crippen MR) is 109 cm³/mol. The highest BCUT2D eigenvalue weighted by atomic mass is 16.3. The summed E-state index contributed by atoms with van der Waals surface area (Å²) in [5.74, 6) is 0.409. The van der Waals surface area contributed by atoms with Crippen molar-refractivity contribution in [2.24, 2.45) is 5.73 Å². The Balaban J connectivity index is 1.41. The van der Waals surface area contributed by atoms with Crippen molar-refractivity contribution >= 4 is 28.0 Å². The zero-order valence-electron chi connectivity index (χ0n) is 16.2. The lowest BCUT2D eigenvalue weighted by Crippen LogP contribution is -2.28. The van der Waals surface area contributed by atoms with Crippen molar-refractivity contribution in [2.45, 2.75) is 25.8 Å². The predicted octanol–water partition coefficient (Wildman–Crippen LogP) is 2.47. The Bertz CT molecular complexity index is 1210. The van der Waals surface area contributed by atoms with Crippen LogP contribution >= 0.6 is 0 Å². The fourth-order valence-corrected chi connectivity index (χ4v) is 4.07. The molecular formula is C21H22N6O2. The molecule has 1 aromatic carbocycles. The Morgan fingerprint density at radius 2 is 2.14 bits per heavy atom. The molecule has 148 valence electrons. The molecule has 0 spiro atoms. The maximum absolute atomic E-state index is 13.0. The van der Waals surface area contributed by atoms with Crippen LogP contribution in [0.5, 0.6) is 0 Å². The van der Waals surface area contributed by atoms with E-state index >= 15 is 0 Å². The standard InChI is InChI=1S/C21H22N6O2/c1-13-2-3-16-15(10-13)11-17(29-16)21(28)26-8-4-14(12-26)18-19-20(24-7-6-23-19)27(25-18)9-5-22/h2-3,6-7,10-11,14H,4-5,8-9,12,22H2,1H3/t14-/m0/s1. The number of likely N-dealkylation sites (tertiary alicyclic amines) is 1. The van der Waals surface area contributed by atoms with E-state index in [9.17, 15) is 4.79 Å². The van der Waals surface area contributed by atoms with Gasteiger partial charge in [-0.25, -0.2) is 14.6 Å². The molecule has 29 heavy (non-hydrogen) atoms. The average molecular weight is 390 g/mol. The maximum atomic E-state index is 13.0. The third-order valence-electron chi connectivity index (χ3n) is 5.48. The number of nitrogens with two attached hydrogens (primary N) is 1. The van der Waals surface area contributed by atoms with Crippen molar-refractivity contribution in [3.05, 3.63) is 53.7 Å². The molecule has 5 rings (SSSR count). The molecule has 1 aliphatic heterocycles. The van der Waals surface area contributed by atoms with Crippen LogP contribution in [0.4, 0.5) is 0 Å². The van der Waals surface area contributed by atoms with Gasteiger partial charge in [0.15, 0.2) is 11.4 Å². The third kappa shape index (κ3) is 3.05. The summed E-state index contributed by atoms with van der Waals surface area (Å²) in [5, 5.41) is 5.67. The van der Waals surface area contributed by atoms with Crippen LogP contribution in [0.15, 0.2) is 41.1 Å². The minimum atomic E-state index is -0.0851. The Morgan fingerprint density at radius 3 is 3.00 bits per heavy atom. The number of carbonyl (C=O) groups excluding carboxylic acids is 1. The lowest BCUT2D eigenvalue weighted by Gasteiger charge is -2.14. The fourth-order valence-electron chi connectivity index (χ4n) is 4.07. The molecule has 8 nitrogen and oxygen atoms in total.